The Morgan fingerprint density at radius 3 is 2.58 bits per heavy atom. The van der Waals surface area contributed by atoms with Crippen LogP contribution in [0.4, 0.5) is 10.2 Å². The topological polar surface area (TPSA) is 81.4 Å². The number of sulfonamides is 1. The number of ether oxygens (including phenoxy) is 1. The Morgan fingerprint density at radius 1 is 1.23 bits per heavy atom. The standard InChI is InChI=1S/C18H21FN2O4S/c1-11-8-18(20-25-11)21-26(22,23)14-6-7-16(15(19)10-14)24-17-9-12-2-4-13(17)5-3-12/h6-8,10,12-13,17H,2-5,9H2,1H3,(H,20,21)/t12?,13?,17-/m0/s1. The van der Waals surface area contributed by atoms with Crippen LogP contribution < -0.4 is 9.46 Å². The number of aromatic nitrogens is 1. The first-order chi connectivity index (χ1) is 12.4. The number of benzene rings is 1. The predicted octanol–water partition coefficient (Wildman–Crippen LogP) is 3.88. The Bertz CT molecular complexity index is 904. The lowest BCUT2D eigenvalue weighted by molar-refractivity contribution is 0.0177. The Hall–Kier alpha value is -2.09. The van der Waals surface area contributed by atoms with Crippen molar-refractivity contribution in [3.63, 3.8) is 0 Å². The molecular formula is C18H21FN2O4S. The highest BCUT2D eigenvalue weighted by molar-refractivity contribution is 7.92. The van der Waals surface area contributed by atoms with E-state index in [1.165, 1.54) is 31.0 Å². The average molecular weight is 380 g/mol. The number of anilines is 1. The molecule has 1 aromatic carbocycles. The number of rotatable bonds is 5. The lowest BCUT2D eigenvalue weighted by Crippen LogP contribution is -2.39. The number of fused-ring (bicyclic) bond motifs is 3. The van der Waals surface area contributed by atoms with Gasteiger partial charge in [-0.3, -0.25) is 4.72 Å². The highest BCUT2D eigenvalue weighted by Crippen LogP contribution is 2.43. The summed E-state index contributed by atoms with van der Waals surface area (Å²) >= 11 is 0. The van der Waals surface area contributed by atoms with Crippen molar-refractivity contribution >= 4 is 15.8 Å². The molecule has 3 saturated carbocycles. The molecular weight excluding hydrogens is 359 g/mol. The van der Waals surface area contributed by atoms with Gasteiger partial charge in [-0.1, -0.05) is 5.16 Å². The van der Waals surface area contributed by atoms with Gasteiger partial charge >= 0.3 is 0 Å². The first kappa shape index (κ1) is 17.3. The van der Waals surface area contributed by atoms with E-state index in [1.54, 1.807) is 6.92 Å². The van der Waals surface area contributed by atoms with Crippen molar-refractivity contribution in [3.05, 3.63) is 35.8 Å². The van der Waals surface area contributed by atoms with Gasteiger partial charge in [0.25, 0.3) is 10.0 Å². The lowest BCUT2D eigenvalue weighted by atomic mass is 9.69. The van der Waals surface area contributed by atoms with E-state index >= 15 is 0 Å². The molecule has 2 bridgehead atoms. The molecule has 0 saturated heterocycles. The van der Waals surface area contributed by atoms with E-state index in [0.29, 0.717) is 17.6 Å². The maximum atomic E-state index is 14.5. The minimum Gasteiger partial charge on any atom is -0.487 e. The molecule has 3 aliphatic carbocycles. The number of aryl methyl sites for hydroxylation is 1. The van der Waals surface area contributed by atoms with Crippen LogP contribution in [0.15, 0.2) is 33.7 Å². The highest BCUT2D eigenvalue weighted by Gasteiger charge is 2.37. The van der Waals surface area contributed by atoms with E-state index in [1.807, 2.05) is 0 Å². The van der Waals surface area contributed by atoms with Crippen LogP contribution in [0.1, 0.15) is 37.9 Å². The molecule has 0 unspecified atom stereocenters. The smallest absolute Gasteiger partial charge is 0.263 e. The molecule has 1 aromatic heterocycles. The van der Waals surface area contributed by atoms with Crippen LogP contribution in [0, 0.1) is 24.6 Å². The van der Waals surface area contributed by atoms with Crippen molar-refractivity contribution in [2.24, 2.45) is 11.8 Å². The Morgan fingerprint density at radius 2 is 2.00 bits per heavy atom. The first-order valence-electron chi connectivity index (χ1n) is 8.83. The molecule has 8 heteroatoms. The second kappa shape index (κ2) is 6.57. The molecule has 3 fully saturated rings. The predicted molar refractivity (Wildman–Crippen MR) is 92.9 cm³/mol. The normalized spacial score (nSPS) is 25.2. The molecule has 3 aliphatic rings. The highest BCUT2D eigenvalue weighted by atomic mass is 32.2. The molecule has 0 radical (unpaired) electrons. The molecule has 26 heavy (non-hydrogen) atoms. The molecule has 1 N–H and O–H groups in total. The van der Waals surface area contributed by atoms with Crippen LogP contribution in [-0.2, 0) is 10.0 Å². The number of nitrogens with zero attached hydrogens (tertiary/aromatic N) is 1. The van der Waals surface area contributed by atoms with Gasteiger partial charge in [-0.2, -0.15) is 0 Å². The fourth-order valence-electron chi connectivity index (χ4n) is 3.98. The summed E-state index contributed by atoms with van der Waals surface area (Å²) in [4.78, 5) is -0.187. The van der Waals surface area contributed by atoms with Gasteiger partial charge < -0.3 is 9.26 Å². The second-order valence-corrected chi connectivity index (χ2v) is 8.88. The zero-order valence-electron chi connectivity index (χ0n) is 14.4. The van der Waals surface area contributed by atoms with Crippen LogP contribution in [0.5, 0.6) is 5.75 Å². The third-order valence-electron chi connectivity index (χ3n) is 5.34. The van der Waals surface area contributed by atoms with E-state index in [2.05, 4.69) is 9.88 Å². The third kappa shape index (κ3) is 3.42. The maximum Gasteiger partial charge on any atom is 0.263 e. The third-order valence-corrected chi connectivity index (χ3v) is 6.69. The summed E-state index contributed by atoms with van der Waals surface area (Å²) < 4.78 is 52.2. The maximum absolute atomic E-state index is 14.5. The molecule has 2 aromatic rings. The number of hydrogen-bond acceptors (Lipinski definition) is 5. The van der Waals surface area contributed by atoms with Crippen molar-refractivity contribution in [3.8, 4) is 5.75 Å². The van der Waals surface area contributed by atoms with Gasteiger partial charge in [0.05, 0.1) is 4.90 Å². The van der Waals surface area contributed by atoms with Crippen LogP contribution in [0.2, 0.25) is 0 Å². The van der Waals surface area contributed by atoms with Crippen molar-refractivity contribution in [1.29, 1.82) is 0 Å². The Balaban J connectivity index is 1.50. The Kier molecular flexibility index (Phi) is 4.38. The molecule has 6 nitrogen and oxygen atoms in total. The minimum atomic E-state index is -3.95. The summed E-state index contributed by atoms with van der Waals surface area (Å²) in [6.07, 6.45) is 5.71. The first-order valence-corrected chi connectivity index (χ1v) is 10.3. The van der Waals surface area contributed by atoms with Gasteiger partial charge in [0, 0.05) is 6.07 Å². The van der Waals surface area contributed by atoms with E-state index in [-0.39, 0.29) is 22.6 Å². The summed E-state index contributed by atoms with van der Waals surface area (Å²) in [6, 6.07) is 5.16. The fourth-order valence-corrected chi connectivity index (χ4v) is 4.97. The van der Waals surface area contributed by atoms with Gasteiger partial charge in [0.2, 0.25) is 0 Å². The van der Waals surface area contributed by atoms with E-state index in [0.717, 1.165) is 25.3 Å². The van der Waals surface area contributed by atoms with E-state index in [9.17, 15) is 12.8 Å². The summed E-state index contributed by atoms with van der Waals surface area (Å²) in [5, 5.41) is 3.58. The summed E-state index contributed by atoms with van der Waals surface area (Å²) in [7, 11) is -3.95. The van der Waals surface area contributed by atoms with Gasteiger partial charge in [-0.25, -0.2) is 12.8 Å². The number of hydrogen-bond donors (Lipinski definition) is 1. The monoisotopic (exact) mass is 380 g/mol. The van der Waals surface area contributed by atoms with Crippen LogP contribution in [0.25, 0.3) is 0 Å². The summed E-state index contributed by atoms with van der Waals surface area (Å²) in [6.45, 7) is 1.65. The van der Waals surface area contributed by atoms with Crippen molar-refractivity contribution in [1.82, 2.24) is 5.16 Å². The van der Waals surface area contributed by atoms with Gasteiger partial charge in [-0.15, -0.1) is 0 Å². The Labute approximate surface area is 151 Å². The lowest BCUT2D eigenvalue weighted by Gasteiger charge is -2.42. The molecule has 0 aliphatic heterocycles. The van der Waals surface area contributed by atoms with E-state index in [4.69, 9.17) is 9.26 Å². The van der Waals surface area contributed by atoms with Gasteiger partial charge in [0.1, 0.15) is 11.9 Å². The largest absolute Gasteiger partial charge is 0.487 e. The molecule has 5 rings (SSSR count). The van der Waals surface area contributed by atoms with Crippen LogP contribution in [0.3, 0.4) is 0 Å². The van der Waals surface area contributed by atoms with Gasteiger partial charge in [-0.05, 0) is 69.1 Å². The van der Waals surface area contributed by atoms with Crippen molar-refractivity contribution < 1.29 is 22.1 Å². The second-order valence-electron chi connectivity index (χ2n) is 7.19. The average Bonchev–Trinajstić information content (AvgIpc) is 3.02. The zero-order chi connectivity index (χ0) is 18.3. The van der Waals surface area contributed by atoms with Crippen LogP contribution >= 0.6 is 0 Å². The van der Waals surface area contributed by atoms with E-state index < -0.39 is 15.8 Å². The summed E-state index contributed by atoms with van der Waals surface area (Å²) in [5.74, 6) is 1.10. The molecule has 1 atom stereocenters. The van der Waals surface area contributed by atoms with Crippen LogP contribution in [-0.4, -0.2) is 19.7 Å². The van der Waals surface area contributed by atoms with Crippen molar-refractivity contribution in [2.75, 3.05) is 4.72 Å². The van der Waals surface area contributed by atoms with Crippen molar-refractivity contribution in [2.45, 2.75) is 50.0 Å². The molecule has 0 amide bonds. The number of nitrogens with one attached hydrogen (secondary N) is 1. The fraction of sp³-hybridized carbons (Fsp3) is 0.500. The number of halogens is 1. The molecule has 0 spiro atoms. The van der Waals surface area contributed by atoms with Gasteiger partial charge in [0.15, 0.2) is 17.4 Å². The minimum absolute atomic E-state index is 0.0238. The summed E-state index contributed by atoms with van der Waals surface area (Å²) in [5.41, 5.74) is 0. The molecule has 1 heterocycles. The molecule has 140 valence electrons. The zero-order valence-corrected chi connectivity index (χ0v) is 15.3. The SMILES string of the molecule is Cc1cc(NS(=O)(=O)c2ccc(O[C@H]3CC4CCC3CC4)c(F)c2)no1. The quantitative estimate of drug-likeness (QED) is 0.851.